The number of carbonyl (C=O) groups excluding carboxylic acids is 1. The molecular weight excluding hydrogens is 220 g/mol. The van der Waals surface area contributed by atoms with Gasteiger partial charge in [0.05, 0.1) is 12.2 Å². The van der Waals surface area contributed by atoms with Crippen LogP contribution in [-0.4, -0.2) is 23.7 Å². The highest BCUT2D eigenvalue weighted by Crippen LogP contribution is 2.15. The number of esters is 1. The number of rotatable bonds is 5. The fraction of sp³-hybridized carbons (Fsp3) is 0.385. The summed E-state index contributed by atoms with van der Waals surface area (Å²) in [6.07, 6.45) is 0.346. The third kappa shape index (κ3) is 3.90. The number of ether oxygens (including phenoxy) is 1. The highest BCUT2D eigenvalue weighted by atomic mass is 16.5. The number of hydrogen-bond donors (Lipinski definition) is 1. The van der Waals surface area contributed by atoms with Gasteiger partial charge >= 0.3 is 11.9 Å². The van der Waals surface area contributed by atoms with Gasteiger partial charge in [-0.05, 0) is 31.9 Å². The molecule has 1 aromatic carbocycles. The topological polar surface area (TPSA) is 63.6 Å². The lowest BCUT2D eigenvalue weighted by Crippen LogP contribution is -2.09. The number of carbonyl (C=O) groups is 2. The Kier molecular flexibility index (Phi) is 4.69. The van der Waals surface area contributed by atoms with Crippen LogP contribution in [0, 0.1) is 6.92 Å². The summed E-state index contributed by atoms with van der Waals surface area (Å²) in [5, 5.41) is 8.65. The van der Waals surface area contributed by atoms with E-state index in [4.69, 9.17) is 9.84 Å². The maximum absolute atomic E-state index is 11.7. The van der Waals surface area contributed by atoms with Crippen molar-refractivity contribution in [2.45, 2.75) is 26.7 Å². The van der Waals surface area contributed by atoms with E-state index in [1.54, 1.807) is 19.1 Å². The van der Waals surface area contributed by atoms with Gasteiger partial charge in [-0.2, -0.15) is 0 Å². The van der Waals surface area contributed by atoms with Gasteiger partial charge in [0.25, 0.3) is 0 Å². The Morgan fingerprint density at radius 1 is 1.35 bits per heavy atom. The maximum atomic E-state index is 11.7. The number of aliphatic carboxylic acids is 1. The molecule has 4 nitrogen and oxygen atoms in total. The molecule has 4 heteroatoms. The van der Waals surface area contributed by atoms with E-state index >= 15 is 0 Å². The monoisotopic (exact) mass is 236 g/mol. The largest absolute Gasteiger partial charge is 0.481 e. The van der Waals surface area contributed by atoms with E-state index in [0.717, 1.165) is 11.1 Å². The van der Waals surface area contributed by atoms with Crippen LogP contribution >= 0.6 is 0 Å². The third-order valence-corrected chi connectivity index (χ3v) is 2.37. The molecule has 0 aliphatic rings. The van der Waals surface area contributed by atoms with Crippen LogP contribution in [0.1, 0.15) is 34.8 Å². The first kappa shape index (κ1) is 13.2. The first-order valence-electron chi connectivity index (χ1n) is 5.53. The average molecular weight is 236 g/mol. The van der Waals surface area contributed by atoms with E-state index in [1.807, 2.05) is 13.0 Å². The van der Waals surface area contributed by atoms with Crippen molar-refractivity contribution in [2.24, 2.45) is 0 Å². The Morgan fingerprint density at radius 2 is 2.06 bits per heavy atom. The highest BCUT2D eigenvalue weighted by molar-refractivity contribution is 5.91. The number of aryl methyl sites for hydroxylation is 2. The van der Waals surface area contributed by atoms with Crippen molar-refractivity contribution < 1.29 is 19.4 Å². The number of benzene rings is 1. The molecular formula is C13H16O4. The van der Waals surface area contributed by atoms with Crippen LogP contribution in [0.2, 0.25) is 0 Å². The summed E-state index contributed by atoms with van der Waals surface area (Å²) in [4.78, 5) is 22.2. The summed E-state index contributed by atoms with van der Waals surface area (Å²) in [6.45, 7) is 3.93. The Labute approximate surface area is 100 Å². The van der Waals surface area contributed by atoms with E-state index in [1.165, 1.54) is 0 Å². The molecule has 0 aromatic heterocycles. The van der Waals surface area contributed by atoms with Crippen LogP contribution in [0.3, 0.4) is 0 Å². The molecule has 17 heavy (non-hydrogen) atoms. The van der Waals surface area contributed by atoms with E-state index < -0.39 is 11.9 Å². The van der Waals surface area contributed by atoms with Gasteiger partial charge < -0.3 is 9.84 Å². The molecule has 0 bridgehead atoms. The van der Waals surface area contributed by atoms with Gasteiger partial charge in [-0.1, -0.05) is 17.7 Å². The van der Waals surface area contributed by atoms with Crippen molar-refractivity contribution in [3.05, 3.63) is 34.9 Å². The SMILES string of the molecule is CCOC(=O)c1cc(C)ccc1CCC(=O)O. The summed E-state index contributed by atoms with van der Waals surface area (Å²) in [5.41, 5.74) is 2.14. The van der Waals surface area contributed by atoms with Crippen molar-refractivity contribution >= 4 is 11.9 Å². The minimum atomic E-state index is -0.875. The molecule has 0 saturated heterocycles. The zero-order chi connectivity index (χ0) is 12.8. The molecule has 0 radical (unpaired) electrons. The first-order chi connectivity index (χ1) is 8.04. The lowest BCUT2D eigenvalue weighted by atomic mass is 10.0. The lowest BCUT2D eigenvalue weighted by Gasteiger charge is -2.08. The molecule has 92 valence electrons. The molecule has 0 unspecified atom stereocenters. The van der Waals surface area contributed by atoms with E-state index in [2.05, 4.69) is 0 Å². The molecule has 1 rings (SSSR count). The fourth-order valence-electron chi connectivity index (χ4n) is 1.55. The summed E-state index contributed by atoms with van der Waals surface area (Å²) < 4.78 is 4.94. The second kappa shape index (κ2) is 6.03. The number of carboxylic acids is 1. The minimum absolute atomic E-state index is 0.00939. The summed E-state index contributed by atoms with van der Waals surface area (Å²) in [6, 6.07) is 5.37. The molecule has 0 aliphatic heterocycles. The lowest BCUT2D eigenvalue weighted by molar-refractivity contribution is -0.136. The van der Waals surface area contributed by atoms with E-state index in [0.29, 0.717) is 18.6 Å². The van der Waals surface area contributed by atoms with Crippen LogP contribution < -0.4 is 0 Å². The van der Waals surface area contributed by atoms with E-state index in [-0.39, 0.29) is 6.42 Å². The van der Waals surface area contributed by atoms with Crippen LogP contribution in [0.15, 0.2) is 18.2 Å². The molecule has 0 aliphatic carbocycles. The predicted molar refractivity (Wildman–Crippen MR) is 63.1 cm³/mol. The molecule has 0 fully saturated rings. The normalized spacial score (nSPS) is 10.0. The minimum Gasteiger partial charge on any atom is -0.481 e. The average Bonchev–Trinajstić information content (AvgIpc) is 2.27. The van der Waals surface area contributed by atoms with Crippen molar-refractivity contribution in [3.8, 4) is 0 Å². The van der Waals surface area contributed by atoms with Crippen molar-refractivity contribution in [1.82, 2.24) is 0 Å². The Bertz CT molecular complexity index is 423. The molecule has 1 N–H and O–H groups in total. The summed E-state index contributed by atoms with van der Waals surface area (Å²) in [7, 11) is 0. The van der Waals surface area contributed by atoms with Gasteiger partial charge in [-0.3, -0.25) is 4.79 Å². The molecule has 1 aromatic rings. The Morgan fingerprint density at radius 3 is 2.65 bits per heavy atom. The predicted octanol–water partition coefficient (Wildman–Crippen LogP) is 2.19. The molecule has 0 amide bonds. The van der Waals surface area contributed by atoms with E-state index in [9.17, 15) is 9.59 Å². The smallest absolute Gasteiger partial charge is 0.338 e. The molecule has 0 saturated carbocycles. The van der Waals surface area contributed by atoms with Crippen LogP contribution in [-0.2, 0) is 16.0 Å². The fourth-order valence-corrected chi connectivity index (χ4v) is 1.55. The first-order valence-corrected chi connectivity index (χ1v) is 5.53. The van der Waals surface area contributed by atoms with Gasteiger partial charge in [0.1, 0.15) is 0 Å². The van der Waals surface area contributed by atoms with Gasteiger partial charge in [0.2, 0.25) is 0 Å². The Balaban J connectivity index is 2.95. The quantitative estimate of drug-likeness (QED) is 0.796. The number of hydrogen-bond acceptors (Lipinski definition) is 3. The van der Waals surface area contributed by atoms with Gasteiger partial charge in [-0.15, -0.1) is 0 Å². The van der Waals surface area contributed by atoms with Gasteiger partial charge in [0.15, 0.2) is 0 Å². The van der Waals surface area contributed by atoms with Crippen molar-refractivity contribution in [2.75, 3.05) is 6.61 Å². The van der Waals surface area contributed by atoms with Gasteiger partial charge in [0, 0.05) is 6.42 Å². The van der Waals surface area contributed by atoms with Crippen LogP contribution in [0.5, 0.6) is 0 Å². The number of carboxylic acid groups (broad SMARTS) is 1. The molecule has 0 spiro atoms. The second-order valence-electron chi connectivity index (χ2n) is 3.77. The zero-order valence-electron chi connectivity index (χ0n) is 10.0. The van der Waals surface area contributed by atoms with Crippen molar-refractivity contribution in [1.29, 1.82) is 0 Å². The Hall–Kier alpha value is -1.84. The standard InChI is InChI=1S/C13H16O4/c1-3-17-13(16)11-8-9(2)4-5-10(11)6-7-12(14)15/h4-5,8H,3,6-7H2,1-2H3,(H,14,15). The van der Waals surface area contributed by atoms with Crippen molar-refractivity contribution in [3.63, 3.8) is 0 Å². The zero-order valence-corrected chi connectivity index (χ0v) is 10.0. The van der Waals surface area contributed by atoms with Gasteiger partial charge in [-0.25, -0.2) is 4.79 Å². The second-order valence-corrected chi connectivity index (χ2v) is 3.77. The highest BCUT2D eigenvalue weighted by Gasteiger charge is 2.13. The molecule has 0 atom stereocenters. The maximum Gasteiger partial charge on any atom is 0.338 e. The summed E-state index contributed by atoms with van der Waals surface area (Å²) in [5.74, 6) is -1.27. The van der Waals surface area contributed by atoms with Crippen LogP contribution in [0.4, 0.5) is 0 Å². The molecule has 0 heterocycles. The van der Waals surface area contributed by atoms with Crippen LogP contribution in [0.25, 0.3) is 0 Å². The summed E-state index contributed by atoms with van der Waals surface area (Å²) >= 11 is 0. The third-order valence-electron chi connectivity index (χ3n) is 2.37.